The predicted molar refractivity (Wildman–Crippen MR) is 92.5 cm³/mol. The van der Waals surface area contributed by atoms with Gasteiger partial charge in [0.15, 0.2) is 11.5 Å². The van der Waals surface area contributed by atoms with Crippen molar-refractivity contribution in [2.45, 2.75) is 6.18 Å². The number of rotatable bonds is 5. The minimum absolute atomic E-state index is 0.0268. The first kappa shape index (κ1) is 20.9. The van der Waals surface area contributed by atoms with Crippen molar-refractivity contribution in [2.75, 3.05) is 21.3 Å². The lowest BCUT2D eigenvalue weighted by atomic mass is 10.1. The van der Waals surface area contributed by atoms with Crippen molar-refractivity contribution in [1.82, 2.24) is 10.9 Å². The van der Waals surface area contributed by atoms with Gasteiger partial charge < -0.3 is 14.2 Å². The number of alkyl halides is 3. The largest absolute Gasteiger partial charge is 0.493 e. The molecule has 150 valence electrons. The lowest BCUT2D eigenvalue weighted by Crippen LogP contribution is -2.42. The average molecular weight is 398 g/mol. The van der Waals surface area contributed by atoms with Crippen molar-refractivity contribution >= 4 is 11.8 Å². The Morgan fingerprint density at radius 1 is 0.857 bits per heavy atom. The third-order valence-corrected chi connectivity index (χ3v) is 3.69. The number of hydrogen-bond acceptors (Lipinski definition) is 5. The highest BCUT2D eigenvalue weighted by Gasteiger charge is 2.34. The highest BCUT2D eigenvalue weighted by atomic mass is 19.4. The van der Waals surface area contributed by atoms with Crippen LogP contribution in [0.1, 0.15) is 26.3 Å². The molecule has 0 saturated heterocycles. The molecule has 0 aliphatic carbocycles. The number of hydrogen-bond donors (Lipinski definition) is 2. The molecule has 2 amide bonds. The van der Waals surface area contributed by atoms with Crippen molar-refractivity contribution < 1.29 is 37.0 Å². The Balaban J connectivity index is 2.20. The molecule has 10 heteroatoms. The van der Waals surface area contributed by atoms with E-state index in [9.17, 15) is 22.8 Å². The van der Waals surface area contributed by atoms with Gasteiger partial charge in [0.25, 0.3) is 11.8 Å². The Hall–Kier alpha value is -3.43. The van der Waals surface area contributed by atoms with Gasteiger partial charge in [0.2, 0.25) is 5.75 Å². The van der Waals surface area contributed by atoms with E-state index in [1.54, 1.807) is 0 Å². The molecule has 7 nitrogen and oxygen atoms in total. The topological polar surface area (TPSA) is 85.9 Å². The van der Waals surface area contributed by atoms with E-state index in [-0.39, 0.29) is 22.8 Å². The van der Waals surface area contributed by atoms with Gasteiger partial charge in [0.05, 0.1) is 32.5 Å². The number of nitrogens with one attached hydrogen (secondary N) is 2. The van der Waals surface area contributed by atoms with Gasteiger partial charge in [0, 0.05) is 5.56 Å². The monoisotopic (exact) mass is 398 g/mol. The molecule has 0 unspecified atom stereocenters. The molecule has 0 aliphatic heterocycles. The van der Waals surface area contributed by atoms with E-state index in [0.29, 0.717) is 0 Å². The molecule has 0 bridgehead atoms. The van der Waals surface area contributed by atoms with Gasteiger partial charge in [-0.05, 0) is 24.3 Å². The molecule has 0 spiro atoms. The van der Waals surface area contributed by atoms with Crippen LogP contribution in [0.4, 0.5) is 13.2 Å². The van der Waals surface area contributed by atoms with Crippen LogP contribution in [0.25, 0.3) is 0 Å². The van der Waals surface area contributed by atoms with E-state index in [4.69, 9.17) is 14.2 Å². The van der Waals surface area contributed by atoms with Crippen LogP contribution in [0.15, 0.2) is 36.4 Å². The zero-order chi connectivity index (χ0) is 20.9. The maximum atomic E-state index is 13.0. The number of carbonyl (C=O) groups is 2. The molecule has 0 heterocycles. The summed E-state index contributed by atoms with van der Waals surface area (Å²) in [5, 5.41) is 0. The van der Waals surface area contributed by atoms with Gasteiger partial charge in [-0.1, -0.05) is 12.1 Å². The van der Waals surface area contributed by atoms with Crippen LogP contribution in [0.5, 0.6) is 17.2 Å². The Bertz CT molecular complexity index is 859. The maximum Gasteiger partial charge on any atom is 0.417 e. The third-order valence-electron chi connectivity index (χ3n) is 3.69. The Morgan fingerprint density at radius 2 is 1.39 bits per heavy atom. The summed E-state index contributed by atoms with van der Waals surface area (Å²) in [7, 11) is 4.10. The van der Waals surface area contributed by atoms with E-state index in [2.05, 4.69) is 5.43 Å². The number of carbonyl (C=O) groups excluding carboxylic acids is 2. The van der Waals surface area contributed by atoms with Gasteiger partial charge >= 0.3 is 6.18 Å². The maximum absolute atomic E-state index is 13.0. The molecule has 2 aromatic carbocycles. The molecule has 2 rings (SSSR count). The quantitative estimate of drug-likeness (QED) is 0.757. The third kappa shape index (κ3) is 4.45. The summed E-state index contributed by atoms with van der Waals surface area (Å²) < 4.78 is 54.4. The summed E-state index contributed by atoms with van der Waals surface area (Å²) >= 11 is 0. The second kappa shape index (κ2) is 8.51. The second-order valence-electron chi connectivity index (χ2n) is 5.37. The fraction of sp³-hybridized carbons (Fsp3) is 0.222. The van der Waals surface area contributed by atoms with Crippen molar-refractivity contribution in [3.63, 3.8) is 0 Å². The number of benzene rings is 2. The SMILES string of the molecule is COc1cc(C(=O)NNC(=O)c2ccccc2C(F)(F)F)cc(OC)c1OC. The molecule has 0 atom stereocenters. The Morgan fingerprint density at radius 3 is 1.89 bits per heavy atom. The molecular formula is C18H17F3N2O5. The lowest BCUT2D eigenvalue weighted by molar-refractivity contribution is -0.137. The Kier molecular flexibility index (Phi) is 6.34. The number of ether oxygens (including phenoxy) is 3. The first-order chi connectivity index (χ1) is 13.2. The van der Waals surface area contributed by atoms with Crippen molar-refractivity contribution in [3.8, 4) is 17.2 Å². The smallest absolute Gasteiger partial charge is 0.417 e. The van der Waals surface area contributed by atoms with Crippen LogP contribution >= 0.6 is 0 Å². The van der Waals surface area contributed by atoms with Crippen LogP contribution in [-0.4, -0.2) is 33.1 Å². The molecule has 2 N–H and O–H groups in total. The van der Waals surface area contributed by atoms with Gasteiger partial charge in [-0.3, -0.25) is 20.4 Å². The zero-order valence-corrected chi connectivity index (χ0v) is 15.1. The molecule has 0 aliphatic rings. The van der Waals surface area contributed by atoms with E-state index in [0.717, 1.165) is 18.2 Å². The summed E-state index contributed by atoms with van der Waals surface area (Å²) in [4.78, 5) is 24.4. The van der Waals surface area contributed by atoms with E-state index >= 15 is 0 Å². The second-order valence-corrected chi connectivity index (χ2v) is 5.37. The number of halogens is 3. The summed E-state index contributed by atoms with van der Waals surface area (Å²) in [5.41, 5.74) is 2.31. The summed E-state index contributed by atoms with van der Waals surface area (Å²) in [6.07, 6.45) is -4.71. The molecule has 28 heavy (non-hydrogen) atoms. The summed E-state index contributed by atoms with van der Waals surface area (Å²) in [6, 6.07) is 6.87. The predicted octanol–water partition coefficient (Wildman–Crippen LogP) is 2.81. The van der Waals surface area contributed by atoms with Gasteiger partial charge in [-0.25, -0.2) is 0 Å². The van der Waals surface area contributed by atoms with Crippen molar-refractivity contribution in [1.29, 1.82) is 0 Å². The van der Waals surface area contributed by atoms with Crippen LogP contribution in [-0.2, 0) is 6.18 Å². The molecule has 0 saturated carbocycles. The molecule has 0 radical (unpaired) electrons. The van der Waals surface area contributed by atoms with Crippen LogP contribution in [0, 0.1) is 0 Å². The number of hydrazine groups is 1. The zero-order valence-electron chi connectivity index (χ0n) is 15.1. The van der Waals surface area contributed by atoms with Crippen molar-refractivity contribution in [2.24, 2.45) is 0 Å². The summed E-state index contributed by atoms with van der Waals surface area (Å²) in [6.45, 7) is 0. The number of amides is 2. The fourth-order valence-electron chi connectivity index (χ4n) is 2.39. The van der Waals surface area contributed by atoms with Crippen LogP contribution in [0.2, 0.25) is 0 Å². The van der Waals surface area contributed by atoms with E-state index < -0.39 is 29.1 Å². The normalized spacial score (nSPS) is 10.8. The van der Waals surface area contributed by atoms with Gasteiger partial charge in [-0.15, -0.1) is 0 Å². The minimum atomic E-state index is -4.71. The fourth-order valence-corrected chi connectivity index (χ4v) is 2.39. The molecule has 2 aromatic rings. The van der Waals surface area contributed by atoms with Crippen LogP contribution in [0.3, 0.4) is 0 Å². The highest BCUT2D eigenvalue weighted by molar-refractivity contribution is 6.00. The van der Waals surface area contributed by atoms with E-state index in [1.165, 1.54) is 39.5 Å². The average Bonchev–Trinajstić information content (AvgIpc) is 2.69. The highest BCUT2D eigenvalue weighted by Crippen LogP contribution is 2.38. The summed E-state index contributed by atoms with van der Waals surface area (Å²) in [5.74, 6) is -1.27. The standard InChI is InChI=1S/C18H17F3N2O5/c1-26-13-8-10(9-14(27-2)15(13)28-3)16(24)22-23-17(25)11-6-4-5-7-12(11)18(19,20)21/h4-9H,1-3H3,(H,22,24)(H,23,25). The number of methoxy groups -OCH3 is 3. The van der Waals surface area contributed by atoms with Crippen LogP contribution < -0.4 is 25.1 Å². The molecular weight excluding hydrogens is 381 g/mol. The molecule has 0 aromatic heterocycles. The lowest BCUT2D eigenvalue weighted by Gasteiger charge is -2.15. The molecule has 0 fully saturated rings. The first-order valence-corrected chi connectivity index (χ1v) is 7.79. The van der Waals surface area contributed by atoms with Gasteiger partial charge in [0.1, 0.15) is 0 Å². The van der Waals surface area contributed by atoms with E-state index in [1.807, 2.05) is 5.43 Å². The first-order valence-electron chi connectivity index (χ1n) is 7.79. The van der Waals surface area contributed by atoms with Gasteiger partial charge in [-0.2, -0.15) is 13.2 Å². The minimum Gasteiger partial charge on any atom is -0.493 e. The van der Waals surface area contributed by atoms with Crippen molar-refractivity contribution in [3.05, 3.63) is 53.1 Å². The Labute approximate surface area is 158 Å².